The molecule has 1 saturated carbocycles. The fourth-order valence-corrected chi connectivity index (χ4v) is 4.14. The van der Waals surface area contributed by atoms with Crippen LogP contribution in [0.25, 0.3) is 10.9 Å². The number of ether oxygens (including phenoxy) is 5. The summed E-state index contributed by atoms with van der Waals surface area (Å²) in [4.78, 5) is 16.5. The maximum absolute atomic E-state index is 12.0. The molecule has 2 aromatic carbocycles. The lowest BCUT2D eigenvalue weighted by Crippen LogP contribution is -2.30. The van der Waals surface area contributed by atoms with Gasteiger partial charge in [0.2, 0.25) is 0 Å². The van der Waals surface area contributed by atoms with Crippen molar-refractivity contribution in [2.24, 2.45) is 5.73 Å². The fourth-order valence-electron chi connectivity index (χ4n) is 3.92. The highest BCUT2D eigenvalue weighted by atomic mass is 35.5. The van der Waals surface area contributed by atoms with Crippen LogP contribution in [0.4, 0.5) is 10.5 Å². The van der Waals surface area contributed by atoms with Crippen molar-refractivity contribution in [2.75, 3.05) is 25.3 Å². The average Bonchev–Trinajstić information content (AvgIpc) is 3.60. The standard InChI is InChI=1S/C26H29ClN4O6/c1-26(2)35-13-17(37-26)12-33-24-11-21-18(10-23(24)34-14-28)22(7-8-29-21)36-16-5-6-20(19(27)9-16)31-25(32)30-15-3-4-15/h5-11,15,17H,3-4,12-14,28H2,1-2H3,(H2,30,31,32)/t17-/m1/s1. The highest BCUT2D eigenvalue weighted by molar-refractivity contribution is 6.33. The third-order valence-corrected chi connectivity index (χ3v) is 6.14. The number of hydrogen-bond acceptors (Lipinski definition) is 8. The Kier molecular flexibility index (Phi) is 7.25. The highest BCUT2D eigenvalue weighted by Crippen LogP contribution is 2.38. The van der Waals surface area contributed by atoms with Crippen molar-refractivity contribution < 1.29 is 28.5 Å². The number of fused-ring (bicyclic) bond motifs is 1. The van der Waals surface area contributed by atoms with Crippen molar-refractivity contribution >= 4 is 34.2 Å². The predicted molar refractivity (Wildman–Crippen MR) is 139 cm³/mol. The van der Waals surface area contributed by atoms with Gasteiger partial charge < -0.3 is 34.3 Å². The van der Waals surface area contributed by atoms with Crippen LogP contribution < -0.4 is 30.6 Å². The molecule has 2 fully saturated rings. The van der Waals surface area contributed by atoms with Crippen LogP contribution in [-0.2, 0) is 9.47 Å². The molecular formula is C26H29ClN4O6. The summed E-state index contributed by atoms with van der Waals surface area (Å²) in [6, 6.07) is 10.3. The second-order valence-corrected chi connectivity index (χ2v) is 9.72. The number of halogens is 1. The molecule has 10 nitrogen and oxygen atoms in total. The molecule has 1 aromatic heterocycles. The van der Waals surface area contributed by atoms with E-state index in [0.29, 0.717) is 51.2 Å². The van der Waals surface area contributed by atoms with E-state index in [1.807, 2.05) is 13.8 Å². The Balaban J connectivity index is 1.33. The Morgan fingerprint density at radius 2 is 1.97 bits per heavy atom. The van der Waals surface area contributed by atoms with Crippen molar-refractivity contribution in [3.05, 3.63) is 47.6 Å². The second kappa shape index (κ2) is 10.6. The van der Waals surface area contributed by atoms with Gasteiger partial charge in [-0.2, -0.15) is 0 Å². The molecule has 1 atom stereocenters. The summed E-state index contributed by atoms with van der Waals surface area (Å²) in [5, 5.41) is 6.67. The Morgan fingerprint density at radius 1 is 1.16 bits per heavy atom. The zero-order chi connectivity index (χ0) is 26.0. The van der Waals surface area contributed by atoms with Gasteiger partial charge in [0.15, 0.2) is 17.3 Å². The minimum absolute atomic E-state index is 0.0349. The van der Waals surface area contributed by atoms with E-state index in [0.717, 1.165) is 12.8 Å². The van der Waals surface area contributed by atoms with Crippen LogP contribution in [0.1, 0.15) is 26.7 Å². The highest BCUT2D eigenvalue weighted by Gasteiger charge is 2.33. The maximum atomic E-state index is 12.0. The number of rotatable bonds is 9. The van der Waals surface area contributed by atoms with Crippen molar-refractivity contribution in [2.45, 2.75) is 44.6 Å². The molecule has 2 amide bonds. The van der Waals surface area contributed by atoms with E-state index in [1.165, 1.54) is 0 Å². The first-order valence-corrected chi connectivity index (χ1v) is 12.4. The Hall–Kier alpha value is -3.31. The van der Waals surface area contributed by atoms with E-state index >= 15 is 0 Å². The van der Waals surface area contributed by atoms with Gasteiger partial charge in [-0.3, -0.25) is 10.7 Å². The summed E-state index contributed by atoms with van der Waals surface area (Å²) in [6.45, 7) is 4.41. The van der Waals surface area contributed by atoms with Crippen LogP contribution in [0.3, 0.4) is 0 Å². The minimum Gasteiger partial charge on any atom is -0.487 e. The van der Waals surface area contributed by atoms with Gasteiger partial charge in [0.25, 0.3) is 0 Å². The Labute approximate surface area is 219 Å². The van der Waals surface area contributed by atoms with Gasteiger partial charge in [-0.15, -0.1) is 0 Å². The number of nitrogens with two attached hydrogens (primary N) is 1. The lowest BCUT2D eigenvalue weighted by molar-refractivity contribution is -0.141. The normalized spacial score (nSPS) is 18.4. The Bertz CT molecular complexity index is 1300. The molecule has 196 valence electrons. The Morgan fingerprint density at radius 3 is 2.68 bits per heavy atom. The quantitative estimate of drug-likeness (QED) is 0.338. The summed E-state index contributed by atoms with van der Waals surface area (Å²) in [5.74, 6) is 1.33. The number of urea groups is 1. The van der Waals surface area contributed by atoms with E-state index in [9.17, 15) is 4.79 Å². The molecule has 0 radical (unpaired) electrons. The van der Waals surface area contributed by atoms with E-state index < -0.39 is 5.79 Å². The summed E-state index contributed by atoms with van der Waals surface area (Å²) < 4.78 is 29.2. The number of pyridine rings is 1. The molecule has 5 rings (SSSR count). The predicted octanol–water partition coefficient (Wildman–Crippen LogP) is 4.79. The summed E-state index contributed by atoms with van der Waals surface area (Å²) in [5.41, 5.74) is 6.80. The maximum Gasteiger partial charge on any atom is 0.319 e. The number of aromatic nitrogens is 1. The molecular weight excluding hydrogens is 500 g/mol. The largest absolute Gasteiger partial charge is 0.487 e. The molecule has 0 unspecified atom stereocenters. The fraction of sp³-hybridized carbons (Fsp3) is 0.385. The molecule has 1 aliphatic heterocycles. The zero-order valence-electron chi connectivity index (χ0n) is 20.6. The van der Waals surface area contributed by atoms with Crippen molar-refractivity contribution in [1.29, 1.82) is 0 Å². The lowest BCUT2D eigenvalue weighted by Gasteiger charge is -2.18. The van der Waals surface area contributed by atoms with Crippen molar-refractivity contribution in [3.8, 4) is 23.0 Å². The number of benzene rings is 2. The molecule has 3 aromatic rings. The number of carbonyl (C=O) groups excluding carboxylic acids is 1. The monoisotopic (exact) mass is 528 g/mol. The molecule has 2 heterocycles. The summed E-state index contributed by atoms with van der Waals surface area (Å²) in [7, 11) is 0. The van der Waals surface area contributed by atoms with Gasteiger partial charge in [-0.25, -0.2) is 4.79 Å². The van der Waals surface area contributed by atoms with Crippen LogP contribution in [0.2, 0.25) is 5.02 Å². The molecule has 0 spiro atoms. The van der Waals surface area contributed by atoms with E-state index in [4.69, 9.17) is 41.0 Å². The van der Waals surface area contributed by atoms with Crippen molar-refractivity contribution in [1.82, 2.24) is 10.3 Å². The number of hydrogen-bond donors (Lipinski definition) is 3. The SMILES string of the molecule is CC1(C)OC[C@@H](COc2cc3nccc(Oc4ccc(NC(=O)NC5CC5)c(Cl)c4)c3cc2OCN)O1. The summed E-state index contributed by atoms with van der Waals surface area (Å²) >= 11 is 6.40. The van der Waals surface area contributed by atoms with Gasteiger partial charge in [-0.05, 0) is 51.0 Å². The molecule has 11 heteroatoms. The van der Waals surface area contributed by atoms with Gasteiger partial charge in [0.05, 0.1) is 22.8 Å². The van der Waals surface area contributed by atoms with E-state index in [2.05, 4.69) is 15.6 Å². The molecule has 4 N–H and O–H groups in total. The number of nitrogens with one attached hydrogen (secondary N) is 2. The molecule has 1 saturated heterocycles. The summed E-state index contributed by atoms with van der Waals surface area (Å²) in [6.07, 6.45) is 3.44. The van der Waals surface area contributed by atoms with Gasteiger partial charge in [0, 0.05) is 29.8 Å². The van der Waals surface area contributed by atoms with E-state index in [-0.39, 0.29) is 31.5 Å². The minimum atomic E-state index is -0.637. The smallest absolute Gasteiger partial charge is 0.319 e. The third-order valence-electron chi connectivity index (χ3n) is 5.83. The molecule has 0 bridgehead atoms. The first kappa shape index (κ1) is 25.3. The average molecular weight is 529 g/mol. The topological polar surface area (TPSA) is 126 Å². The van der Waals surface area contributed by atoms with Crippen LogP contribution in [0.5, 0.6) is 23.0 Å². The van der Waals surface area contributed by atoms with E-state index in [1.54, 1.807) is 42.6 Å². The molecule has 2 aliphatic rings. The van der Waals surface area contributed by atoms with Crippen LogP contribution in [0.15, 0.2) is 42.6 Å². The molecule has 1 aliphatic carbocycles. The number of nitrogens with zero attached hydrogens (tertiary/aromatic N) is 1. The number of amides is 2. The van der Waals surface area contributed by atoms with Crippen molar-refractivity contribution in [3.63, 3.8) is 0 Å². The van der Waals surface area contributed by atoms with Gasteiger partial charge >= 0.3 is 6.03 Å². The molecule has 37 heavy (non-hydrogen) atoms. The van der Waals surface area contributed by atoms with Crippen LogP contribution in [-0.4, -0.2) is 48.9 Å². The first-order valence-electron chi connectivity index (χ1n) is 12.0. The number of anilines is 1. The van der Waals surface area contributed by atoms with Crippen LogP contribution in [0, 0.1) is 0 Å². The zero-order valence-corrected chi connectivity index (χ0v) is 21.3. The second-order valence-electron chi connectivity index (χ2n) is 9.31. The van der Waals surface area contributed by atoms with Gasteiger partial charge in [0.1, 0.15) is 30.9 Å². The van der Waals surface area contributed by atoms with Crippen LogP contribution >= 0.6 is 11.6 Å². The third kappa shape index (κ3) is 6.34. The lowest BCUT2D eigenvalue weighted by atomic mass is 10.1. The number of carbonyl (C=O) groups is 1. The van der Waals surface area contributed by atoms with Gasteiger partial charge in [-0.1, -0.05) is 11.6 Å². The first-order chi connectivity index (χ1) is 17.8.